The Morgan fingerprint density at radius 3 is 2.00 bits per heavy atom. The summed E-state index contributed by atoms with van der Waals surface area (Å²) in [6, 6.07) is 0.602. The zero-order valence-corrected chi connectivity index (χ0v) is 9.44. The number of hydrogen-bond acceptors (Lipinski definition) is 2. The van der Waals surface area contributed by atoms with Crippen LogP contribution < -0.4 is 0 Å². The number of hydrogen-bond donors (Lipinski definition) is 0. The van der Waals surface area contributed by atoms with Gasteiger partial charge < -0.3 is 0 Å². The van der Waals surface area contributed by atoms with Crippen molar-refractivity contribution in [3.63, 3.8) is 0 Å². The normalized spacial score (nSPS) is 21.3. The van der Waals surface area contributed by atoms with Crippen LogP contribution in [0.25, 0.3) is 0 Å². The van der Waals surface area contributed by atoms with Gasteiger partial charge in [-0.25, -0.2) is 4.68 Å². The number of aromatic nitrogens is 3. The Hall–Kier alpha value is -0.860. The van der Waals surface area contributed by atoms with Crippen molar-refractivity contribution in [2.24, 2.45) is 0 Å². The fourth-order valence-electron chi connectivity index (χ4n) is 2.46. The quantitative estimate of drug-likeness (QED) is 0.707. The van der Waals surface area contributed by atoms with Crippen molar-refractivity contribution in [3.05, 3.63) is 12.4 Å². The van der Waals surface area contributed by atoms with Crippen LogP contribution in [-0.4, -0.2) is 15.0 Å². The molecule has 0 spiro atoms. The van der Waals surface area contributed by atoms with Gasteiger partial charge >= 0.3 is 0 Å². The second kappa shape index (κ2) is 5.89. The lowest BCUT2D eigenvalue weighted by atomic mass is 9.98. The highest BCUT2D eigenvalue weighted by atomic mass is 15.4. The Morgan fingerprint density at radius 1 is 0.867 bits per heavy atom. The summed E-state index contributed by atoms with van der Waals surface area (Å²) in [6.07, 6.45) is 16.1. The molecular formula is C12H21N3. The first kappa shape index (κ1) is 10.7. The van der Waals surface area contributed by atoms with Gasteiger partial charge in [0, 0.05) is 6.20 Å². The molecule has 0 aromatic carbocycles. The van der Waals surface area contributed by atoms with Gasteiger partial charge in [0.25, 0.3) is 0 Å². The number of nitrogens with zero attached hydrogens (tertiary/aromatic N) is 3. The van der Waals surface area contributed by atoms with Crippen molar-refractivity contribution in [3.8, 4) is 0 Å². The van der Waals surface area contributed by atoms with E-state index in [4.69, 9.17) is 0 Å². The fraction of sp³-hybridized carbons (Fsp3) is 0.833. The van der Waals surface area contributed by atoms with Crippen LogP contribution in [0.5, 0.6) is 0 Å². The van der Waals surface area contributed by atoms with E-state index >= 15 is 0 Å². The topological polar surface area (TPSA) is 30.7 Å². The molecule has 84 valence electrons. The van der Waals surface area contributed by atoms with Crippen LogP contribution in [0.3, 0.4) is 0 Å². The molecule has 1 aliphatic carbocycles. The van der Waals surface area contributed by atoms with Crippen LogP contribution in [0.1, 0.15) is 63.8 Å². The average Bonchev–Trinajstić information content (AvgIpc) is 2.79. The van der Waals surface area contributed by atoms with Gasteiger partial charge in [-0.2, -0.15) is 0 Å². The van der Waals surface area contributed by atoms with Crippen molar-refractivity contribution in [2.45, 2.75) is 63.8 Å². The van der Waals surface area contributed by atoms with Crippen molar-refractivity contribution in [2.75, 3.05) is 0 Å². The average molecular weight is 207 g/mol. The smallest absolute Gasteiger partial charge is 0.0693 e. The summed E-state index contributed by atoms with van der Waals surface area (Å²) in [7, 11) is 0. The lowest BCUT2D eigenvalue weighted by molar-refractivity contribution is 0.351. The van der Waals surface area contributed by atoms with E-state index in [0.717, 1.165) is 0 Å². The summed E-state index contributed by atoms with van der Waals surface area (Å²) in [4.78, 5) is 0. The molecule has 1 aliphatic rings. The first-order chi connectivity index (χ1) is 7.47. The molecule has 1 aromatic heterocycles. The molecule has 2 rings (SSSR count). The van der Waals surface area contributed by atoms with E-state index in [9.17, 15) is 0 Å². The second-order valence-corrected chi connectivity index (χ2v) is 4.59. The molecule has 1 saturated carbocycles. The van der Waals surface area contributed by atoms with Gasteiger partial charge in [-0.05, 0) is 12.8 Å². The van der Waals surface area contributed by atoms with Crippen molar-refractivity contribution in [1.82, 2.24) is 15.0 Å². The molecule has 3 heteroatoms. The maximum atomic E-state index is 4.13. The van der Waals surface area contributed by atoms with Crippen molar-refractivity contribution < 1.29 is 0 Å². The molecule has 0 atom stereocenters. The van der Waals surface area contributed by atoms with Crippen molar-refractivity contribution >= 4 is 0 Å². The molecule has 3 nitrogen and oxygen atoms in total. The highest BCUT2D eigenvalue weighted by Gasteiger charge is 2.12. The molecule has 15 heavy (non-hydrogen) atoms. The number of rotatable bonds is 1. The predicted octanol–water partition coefficient (Wildman–Crippen LogP) is 3.34. The predicted molar refractivity (Wildman–Crippen MR) is 60.6 cm³/mol. The van der Waals surface area contributed by atoms with Gasteiger partial charge in [-0.1, -0.05) is 50.2 Å². The monoisotopic (exact) mass is 207 g/mol. The molecule has 1 aromatic rings. The molecule has 0 N–H and O–H groups in total. The third-order valence-corrected chi connectivity index (χ3v) is 3.39. The lowest BCUT2D eigenvalue weighted by Gasteiger charge is -2.18. The highest BCUT2D eigenvalue weighted by molar-refractivity contribution is 4.73. The van der Waals surface area contributed by atoms with E-state index < -0.39 is 0 Å². The van der Waals surface area contributed by atoms with E-state index in [1.54, 1.807) is 6.20 Å². The Bertz CT molecular complexity index is 246. The third kappa shape index (κ3) is 3.33. The molecule has 0 radical (unpaired) electrons. The SMILES string of the molecule is c1cn(C2CCCCCCCCC2)nn1. The Balaban J connectivity index is 1.90. The Labute approximate surface area is 91.9 Å². The Morgan fingerprint density at radius 2 is 1.47 bits per heavy atom. The zero-order chi connectivity index (χ0) is 10.3. The molecular weight excluding hydrogens is 186 g/mol. The van der Waals surface area contributed by atoms with Gasteiger partial charge in [0.2, 0.25) is 0 Å². The van der Waals surface area contributed by atoms with Gasteiger partial charge in [0.1, 0.15) is 0 Å². The summed E-state index contributed by atoms with van der Waals surface area (Å²) < 4.78 is 2.06. The molecule has 0 unspecified atom stereocenters. The lowest BCUT2D eigenvalue weighted by Crippen LogP contribution is -2.10. The van der Waals surface area contributed by atoms with Crippen LogP contribution in [-0.2, 0) is 0 Å². The van der Waals surface area contributed by atoms with Crippen LogP contribution in [0.2, 0.25) is 0 Å². The van der Waals surface area contributed by atoms with Crippen molar-refractivity contribution in [1.29, 1.82) is 0 Å². The minimum atomic E-state index is 0.602. The van der Waals surface area contributed by atoms with E-state index in [1.165, 1.54) is 57.8 Å². The summed E-state index contributed by atoms with van der Waals surface area (Å²) in [5.41, 5.74) is 0. The van der Waals surface area contributed by atoms with E-state index in [1.807, 2.05) is 6.20 Å². The van der Waals surface area contributed by atoms with Crippen LogP contribution in [0, 0.1) is 0 Å². The Kier molecular flexibility index (Phi) is 4.18. The van der Waals surface area contributed by atoms with Crippen LogP contribution in [0.15, 0.2) is 12.4 Å². The summed E-state index contributed by atoms with van der Waals surface area (Å²) >= 11 is 0. The largest absolute Gasteiger partial charge is 0.250 e. The molecule has 1 fully saturated rings. The minimum Gasteiger partial charge on any atom is -0.250 e. The fourth-order valence-corrected chi connectivity index (χ4v) is 2.46. The molecule has 0 amide bonds. The maximum Gasteiger partial charge on any atom is 0.0693 e. The van der Waals surface area contributed by atoms with Gasteiger partial charge in [0.15, 0.2) is 0 Å². The standard InChI is InChI=1S/C12H21N3/c1-2-4-6-8-12(9-7-5-3-1)15-11-10-13-14-15/h10-12H,1-9H2. The van der Waals surface area contributed by atoms with E-state index in [0.29, 0.717) is 6.04 Å². The second-order valence-electron chi connectivity index (χ2n) is 4.59. The zero-order valence-electron chi connectivity index (χ0n) is 9.44. The first-order valence-corrected chi connectivity index (χ1v) is 6.32. The first-order valence-electron chi connectivity index (χ1n) is 6.32. The highest BCUT2D eigenvalue weighted by Crippen LogP contribution is 2.24. The summed E-state index contributed by atoms with van der Waals surface area (Å²) in [5, 5.41) is 8.04. The minimum absolute atomic E-state index is 0.602. The molecule has 0 aliphatic heterocycles. The van der Waals surface area contributed by atoms with E-state index in [-0.39, 0.29) is 0 Å². The molecule has 0 bridgehead atoms. The summed E-state index contributed by atoms with van der Waals surface area (Å²) in [6.45, 7) is 0. The molecule has 0 saturated heterocycles. The summed E-state index contributed by atoms with van der Waals surface area (Å²) in [5.74, 6) is 0. The van der Waals surface area contributed by atoms with Gasteiger partial charge in [0.05, 0.1) is 12.2 Å². The van der Waals surface area contributed by atoms with E-state index in [2.05, 4.69) is 15.0 Å². The van der Waals surface area contributed by atoms with Gasteiger partial charge in [-0.3, -0.25) is 0 Å². The third-order valence-electron chi connectivity index (χ3n) is 3.39. The van der Waals surface area contributed by atoms with Crippen LogP contribution in [0.4, 0.5) is 0 Å². The van der Waals surface area contributed by atoms with Gasteiger partial charge in [-0.15, -0.1) is 5.10 Å². The van der Waals surface area contributed by atoms with Crippen LogP contribution >= 0.6 is 0 Å². The molecule has 1 heterocycles. The maximum absolute atomic E-state index is 4.13.